The van der Waals surface area contributed by atoms with Crippen LogP contribution in [0.15, 0.2) is 24.3 Å². The van der Waals surface area contributed by atoms with Gasteiger partial charge in [-0.1, -0.05) is 0 Å². The fraction of sp³-hybridized carbons (Fsp3) is 0.200. The number of benzene rings is 1. The molecule has 0 aliphatic heterocycles. The molecule has 0 spiro atoms. The molecule has 1 aromatic rings. The molecule has 0 aromatic heterocycles. The van der Waals surface area contributed by atoms with E-state index in [0.29, 0.717) is 11.3 Å². The largest absolute Gasteiger partial charge is 0.480 e. The van der Waals surface area contributed by atoms with E-state index in [9.17, 15) is 9.59 Å². The van der Waals surface area contributed by atoms with Crippen LogP contribution in [0.3, 0.4) is 0 Å². The molecule has 0 aliphatic carbocycles. The third kappa shape index (κ3) is 3.07. The number of carbonyl (C=O) groups excluding carboxylic acids is 1. The summed E-state index contributed by atoms with van der Waals surface area (Å²) < 4.78 is 0. The van der Waals surface area contributed by atoms with Crippen molar-refractivity contribution in [2.75, 3.05) is 5.73 Å². The van der Waals surface area contributed by atoms with Gasteiger partial charge in [0.15, 0.2) is 5.78 Å². The Bertz CT molecular complexity index is 373. The molecule has 0 aliphatic rings. The summed E-state index contributed by atoms with van der Waals surface area (Å²) >= 11 is 0. The van der Waals surface area contributed by atoms with Gasteiger partial charge >= 0.3 is 5.97 Å². The van der Waals surface area contributed by atoms with E-state index < -0.39 is 12.0 Å². The van der Waals surface area contributed by atoms with Crippen molar-refractivity contribution >= 4 is 17.4 Å². The number of ketones is 1. The molecular weight excluding hydrogens is 196 g/mol. The van der Waals surface area contributed by atoms with Gasteiger partial charge in [-0.2, -0.15) is 0 Å². The Hall–Kier alpha value is -1.88. The fourth-order valence-corrected chi connectivity index (χ4v) is 1.07. The van der Waals surface area contributed by atoms with Crippen LogP contribution in [0.1, 0.15) is 16.8 Å². The van der Waals surface area contributed by atoms with Crippen LogP contribution < -0.4 is 11.5 Å². The second-order valence-electron chi connectivity index (χ2n) is 3.19. The summed E-state index contributed by atoms with van der Waals surface area (Å²) in [6.45, 7) is 0. The van der Waals surface area contributed by atoms with Gasteiger partial charge in [-0.15, -0.1) is 0 Å². The Labute approximate surface area is 86.7 Å². The molecule has 5 heteroatoms. The van der Waals surface area contributed by atoms with Gasteiger partial charge in [0.2, 0.25) is 0 Å². The molecule has 1 unspecified atom stereocenters. The van der Waals surface area contributed by atoms with Gasteiger partial charge in [0.25, 0.3) is 0 Å². The van der Waals surface area contributed by atoms with Crippen LogP contribution in [0, 0.1) is 0 Å². The minimum atomic E-state index is -1.18. The third-order valence-corrected chi connectivity index (χ3v) is 1.96. The van der Waals surface area contributed by atoms with E-state index in [2.05, 4.69) is 0 Å². The Morgan fingerprint density at radius 3 is 2.27 bits per heavy atom. The minimum Gasteiger partial charge on any atom is -0.480 e. The molecule has 0 saturated heterocycles. The molecule has 15 heavy (non-hydrogen) atoms. The maximum atomic E-state index is 11.5. The average molecular weight is 208 g/mol. The summed E-state index contributed by atoms with van der Waals surface area (Å²) in [5, 5.41) is 8.52. The van der Waals surface area contributed by atoms with E-state index in [1.54, 1.807) is 24.3 Å². The van der Waals surface area contributed by atoms with E-state index in [1.165, 1.54) is 0 Å². The number of carboxylic acid groups (broad SMARTS) is 1. The quantitative estimate of drug-likeness (QED) is 0.486. The van der Waals surface area contributed by atoms with Gasteiger partial charge in [0.1, 0.15) is 6.04 Å². The molecule has 5 N–H and O–H groups in total. The number of rotatable bonds is 4. The van der Waals surface area contributed by atoms with Crippen LogP contribution in [0.25, 0.3) is 0 Å². The topological polar surface area (TPSA) is 106 Å². The Kier molecular flexibility index (Phi) is 3.41. The highest BCUT2D eigenvalue weighted by atomic mass is 16.4. The van der Waals surface area contributed by atoms with Crippen molar-refractivity contribution in [3.8, 4) is 0 Å². The maximum absolute atomic E-state index is 11.5. The van der Waals surface area contributed by atoms with E-state index >= 15 is 0 Å². The highest BCUT2D eigenvalue weighted by molar-refractivity contribution is 5.98. The molecule has 0 bridgehead atoms. The first-order valence-electron chi connectivity index (χ1n) is 4.38. The first-order valence-corrected chi connectivity index (χ1v) is 4.38. The number of hydrogen-bond donors (Lipinski definition) is 3. The van der Waals surface area contributed by atoms with E-state index in [1.807, 2.05) is 0 Å². The highest BCUT2D eigenvalue weighted by Gasteiger charge is 2.17. The summed E-state index contributed by atoms with van der Waals surface area (Å²) in [5.41, 5.74) is 11.7. The smallest absolute Gasteiger partial charge is 0.320 e. The van der Waals surface area contributed by atoms with Gasteiger partial charge in [-0.25, -0.2) is 0 Å². The number of aliphatic carboxylic acids is 1. The Morgan fingerprint density at radius 2 is 1.80 bits per heavy atom. The summed E-state index contributed by atoms with van der Waals surface area (Å²) in [5.74, 6) is -1.48. The number of carbonyl (C=O) groups is 2. The van der Waals surface area contributed by atoms with Crippen molar-refractivity contribution in [3.63, 3.8) is 0 Å². The van der Waals surface area contributed by atoms with Crippen molar-refractivity contribution in [1.82, 2.24) is 0 Å². The lowest BCUT2D eigenvalue weighted by atomic mass is 10.0. The highest BCUT2D eigenvalue weighted by Crippen LogP contribution is 2.08. The Balaban J connectivity index is 2.69. The Morgan fingerprint density at radius 1 is 1.27 bits per heavy atom. The molecule has 0 saturated carbocycles. The fourth-order valence-electron chi connectivity index (χ4n) is 1.07. The van der Waals surface area contributed by atoms with Crippen LogP contribution in [0.2, 0.25) is 0 Å². The molecule has 5 nitrogen and oxygen atoms in total. The zero-order valence-electron chi connectivity index (χ0n) is 8.01. The normalized spacial score (nSPS) is 12.1. The second-order valence-corrected chi connectivity index (χ2v) is 3.19. The summed E-state index contributed by atoms with van der Waals surface area (Å²) in [4.78, 5) is 21.9. The lowest BCUT2D eigenvalue weighted by molar-refractivity contribution is -0.138. The molecule has 0 amide bonds. The number of nitrogens with two attached hydrogens (primary N) is 2. The monoisotopic (exact) mass is 208 g/mol. The van der Waals surface area contributed by atoms with Crippen LogP contribution in [-0.2, 0) is 4.79 Å². The minimum absolute atomic E-state index is 0.209. The van der Waals surface area contributed by atoms with Crippen molar-refractivity contribution in [3.05, 3.63) is 29.8 Å². The average Bonchev–Trinajstić information content (AvgIpc) is 2.18. The molecule has 0 fully saturated rings. The number of carboxylic acids is 1. The third-order valence-electron chi connectivity index (χ3n) is 1.96. The van der Waals surface area contributed by atoms with Crippen LogP contribution in [-0.4, -0.2) is 22.9 Å². The molecule has 0 heterocycles. The van der Waals surface area contributed by atoms with Gasteiger partial charge in [-0.05, 0) is 24.3 Å². The summed E-state index contributed by atoms with van der Waals surface area (Å²) in [6.07, 6.45) is -0.209. The zero-order chi connectivity index (χ0) is 11.4. The van der Waals surface area contributed by atoms with Gasteiger partial charge in [-0.3, -0.25) is 9.59 Å². The van der Waals surface area contributed by atoms with Crippen LogP contribution in [0.4, 0.5) is 5.69 Å². The lowest BCUT2D eigenvalue weighted by Gasteiger charge is -2.05. The maximum Gasteiger partial charge on any atom is 0.320 e. The first kappa shape index (κ1) is 11.2. The van der Waals surface area contributed by atoms with Crippen molar-refractivity contribution in [2.24, 2.45) is 5.73 Å². The number of anilines is 1. The predicted molar refractivity (Wildman–Crippen MR) is 55.4 cm³/mol. The zero-order valence-corrected chi connectivity index (χ0v) is 8.01. The van der Waals surface area contributed by atoms with Crippen molar-refractivity contribution in [1.29, 1.82) is 0 Å². The van der Waals surface area contributed by atoms with Gasteiger partial charge in [0, 0.05) is 17.7 Å². The molecule has 1 atom stereocenters. The number of nitrogen functional groups attached to an aromatic ring is 1. The first-order chi connectivity index (χ1) is 7.00. The molecule has 0 radical (unpaired) electrons. The summed E-state index contributed by atoms with van der Waals surface area (Å²) in [7, 11) is 0. The standard InChI is InChI=1S/C10H12N2O3/c11-7-3-1-6(2-4-7)9(13)5-8(12)10(14)15/h1-4,8H,5,11-12H2,(H,14,15). The van der Waals surface area contributed by atoms with Crippen LogP contribution >= 0.6 is 0 Å². The summed E-state index contributed by atoms with van der Waals surface area (Å²) in [6, 6.07) is 5.10. The lowest BCUT2D eigenvalue weighted by Crippen LogP contribution is -2.32. The van der Waals surface area contributed by atoms with Crippen LogP contribution in [0.5, 0.6) is 0 Å². The van der Waals surface area contributed by atoms with E-state index in [-0.39, 0.29) is 12.2 Å². The number of Topliss-reactive ketones (excluding diaryl/α,β-unsaturated/α-hetero) is 1. The predicted octanol–water partition coefficient (Wildman–Crippen LogP) is 0.253. The molecule has 80 valence electrons. The van der Waals surface area contributed by atoms with Gasteiger partial charge in [0.05, 0.1) is 0 Å². The second kappa shape index (κ2) is 4.56. The number of hydrogen-bond acceptors (Lipinski definition) is 4. The van der Waals surface area contributed by atoms with E-state index in [4.69, 9.17) is 16.6 Å². The van der Waals surface area contributed by atoms with Gasteiger partial charge < -0.3 is 16.6 Å². The van der Waals surface area contributed by atoms with Crippen molar-refractivity contribution < 1.29 is 14.7 Å². The molecular formula is C10H12N2O3. The van der Waals surface area contributed by atoms with Crippen molar-refractivity contribution in [2.45, 2.75) is 12.5 Å². The molecule has 1 aromatic carbocycles. The SMILES string of the molecule is Nc1ccc(C(=O)CC(N)C(=O)O)cc1. The van der Waals surface area contributed by atoms with E-state index in [0.717, 1.165) is 0 Å². The molecule has 1 rings (SSSR count).